The molecule has 0 saturated heterocycles. The Kier molecular flexibility index (Phi) is 3.91. The van der Waals surface area contributed by atoms with Gasteiger partial charge < -0.3 is 9.84 Å². The molecule has 1 aromatic carbocycles. The standard InChI is InChI=1S/C14H9FN2O3/c15-10-3-4-11(14(18)19)13(6-10)20-8-9-2-1-5-17-12(9)7-16/h1-6H,8H2,(H,18,19). The summed E-state index contributed by atoms with van der Waals surface area (Å²) in [5, 5.41) is 17.9. The zero-order chi connectivity index (χ0) is 14.5. The Morgan fingerprint density at radius 3 is 2.95 bits per heavy atom. The van der Waals surface area contributed by atoms with Crippen molar-refractivity contribution >= 4 is 5.97 Å². The van der Waals surface area contributed by atoms with Gasteiger partial charge >= 0.3 is 5.97 Å². The highest BCUT2D eigenvalue weighted by atomic mass is 19.1. The van der Waals surface area contributed by atoms with E-state index in [1.54, 1.807) is 12.1 Å². The summed E-state index contributed by atoms with van der Waals surface area (Å²) >= 11 is 0. The lowest BCUT2D eigenvalue weighted by molar-refractivity contribution is 0.0691. The fourth-order valence-corrected chi connectivity index (χ4v) is 1.60. The van der Waals surface area contributed by atoms with Crippen LogP contribution in [0.1, 0.15) is 21.6 Å². The van der Waals surface area contributed by atoms with Gasteiger partial charge in [0.15, 0.2) is 0 Å². The molecule has 0 radical (unpaired) electrons. The van der Waals surface area contributed by atoms with E-state index in [2.05, 4.69) is 4.98 Å². The number of ether oxygens (including phenoxy) is 1. The van der Waals surface area contributed by atoms with Gasteiger partial charge in [0.2, 0.25) is 0 Å². The Labute approximate surface area is 113 Å². The number of aromatic carboxylic acids is 1. The van der Waals surface area contributed by atoms with Crippen LogP contribution in [0.25, 0.3) is 0 Å². The number of carboxylic acid groups (broad SMARTS) is 1. The highest BCUT2D eigenvalue weighted by Crippen LogP contribution is 2.21. The van der Waals surface area contributed by atoms with E-state index < -0.39 is 11.8 Å². The number of carboxylic acids is 1. The van der Waals surface area contributed by atoms with Crippen LogP contribution in [0.3, 0.4) is 0 Å². The minimum atomic E-state index is -1.22. The number of nitrogens with zero attached hydrogens (tertiary/aromatic N) is 2. The van der Waals surface area contributed by atoms with Gasteiger partial charge in [-0.3, -0.25) is 0 Å². The second-order valence-electron chi connectivity index (χ2n) is 3.86. The Morgan fingerprint density at radius 2 is 2.25 bits per heavy atom. The Hall–Kier alpha value is -2.94. The molecule has 1 N–H and O–H groups in total. The quantitative estimate of drug-likeness (QED) is 0.923. The predicted octanol–water partition coefficient (Wildman–Crippen LogP) is 2.37. The van der Waals surface area contributed by atoms with Gasteiger partial charge in [-0.05, 0) is 18.2 Å². The van der Waals surface area contributed by atoms with Crippen molar-refractivity contribution in [3.8, 4) is 11.8 Å². The highest BCUT2D eigenvalue weighted by Gasteiger charge is 2.13. The minimum absolute atomic E-state index is 0.0690. The molecule has 1 aromatic heterocycles. The topological polar surface area (TPSA) is 83.2 Å². The van der Waals surface area contributed by atoms with E-state index in [0.29, 0.717) is 5.56 Å². The lowest BCUT2D eigenvalue weighted by Gasteiger charge is -2.09. The first-order valence-corrected chi connectivity index (χ1v) is 5.61. The molecule has 5 nitrogen and oxygen atoms in total. The van der Waals surface area contributed by atoms with Crippen LogP contribution >= 0.6 is 0 Å². The van der Waals surface area contributed by atoms with Crippen LogP contribution in [0.4, 0.5) is 4.39 Å². The first kappa shape index (κ1) is 13.5. The van der Waals surface area contributed by atoms with Crippen molar-refractivity contribution in [2.45, 2.75) is 6.61 Å². The summed E-state index contributed by atoms with van der Waals surface area (Å²) < 4.78 is 18.4. The fourth-order valence-electron chi connectivity index (χ4n) is 1.60. The molecular weight excluding hydrogens is 263 g/mol. The second kappa shape index (κ2) is 5.80. The van der Waals surface area contributed by atoms with Crippen molar-refractivity contribution in [2.75, 3.05) is 0 Å². The van der Waals surface area contributed by atoms with Crippen molar-refractivity contribution in [2.24, 2.45) is 0 Å². The summed E-state index contributed by atoms with van der Waals surface area (Å²) in [7, 11) is 0. The molecule has 100 valence electrons. The Balaban J connectivity index is 2.25. The maximum atomic E-state index is 13.1. The van der Waals surface area contributed by atoms with Crippen molar-refractivity contribution in [1.82, 2.24) is 4.98 Å². The maximum Gasteiger partial charge on any atom is 0.339 e. The second-order valence-corrected chi connectivity index (χ2v) is 3.86. The zero-order valence-electron chi connectivity index (χ0n) is 10.2. The maximum absolute atomic E-state index is 13.1. The number of halogens is 1. The molecule has 0 aliphatic rings. The van der Waals surface area contributed by atoms with Gasteiger partial charge in [-0.1, -0.05) is 6.07 Å². The summed E-state index contributed by atoms with van der Waals surface area (Å²) in [5.41, 5.74) is 0.533. The molecule has 2 rings (SSSR count). The van der Waals surface area contributed by atoms with Crippen LogP contribution in [0.2, 0.25) is 0 Å². The van der Waals surface area contributed by atoms with Crippen LogP contribution in [0, 0.1) is 17.1 Å². The van der Waals surface area contributed by atoms with Gasteiger partial charge in [-0.2, -0.15) is 5.26 Å². The molecule has 0 atom stereocenters. The average Bonchev–Trinajstić information content (AvgIpc) is 2.45. The third-order valence-electron chi connectivity index (χ3n) is 2.55. The van der Waals surface area contributed by atoms with Crippen LogP contribution in [0.5, 0.6) is 5.75 Å². The minimum Gasteiger partial charge on any atom is -0.488 e. The number of carbonyl (C=O) groups is 1. The number of benzene rings is 1. The van der Waals surface area contributed by atoms with Gasteiger partial charge in [0.25, 0.3) is 0 Å². The first-order chi connectivity index (χ1) is 9.61. The van der Waals surface area contributed by atoms with E-state index in [4.69, 9.17) is 15.1 Å². The van der Waals surface area contributed by atoms with Crippen molar-refractivity contribution in [1.29, 1.82) is 5.26 Å². The molecule has 1 heterocycles. The summed E-state index contributed by atoms with van der Waals surface area (Å²) in [4.78, 5) is 14.9. The normalized spacial score (nSPS) is 9.80. The summed E-state index contributed by atoms with van der Waals surface area (Å²) in [6, 6.07) is 8.32. The molecule has 0 spiro atoms. The first-order valence-electron chi connectivity index (χ1n) is 5.61. The average molecular weight is 272 g/mol. The van der Waals surface area contributed by atoms with E-state index >= 15 is 0 Å². The summed E-state index contributed by atoms with van der Waals surface area (Å²) in [5.74, 6) is -1.91. The number of hydrogen-bond donors (Lipinski definition) is 1. The third kappa shape index (κ3) is 2.90. The number of pyridine rings is 1. The van der Waals surface area contributed by atoms with E-state index in [-0.39, 0.29) is 23.6 Å². The van der Waals surface area contributed by atoms with Crippen molar-refractivity contribution in [3.63, 3.8) is 0 Å². The number of aromatic nitrogens is 1. The molecule has 0 unspecified atom stereocenters. The molecule has 0 fully saturated rings. The monoisotopic (exact) mass is 272 g/mol. The molecular formula is C14H9FN2O3. The Morgan fingerprint density at radius 1 is 1.45 bits per heavy atom. The van der Waals surface area contributed by atoms with Crippen molar-refractivity contribution < 1.29 is 19.0 Å². The molecule has 0 amide bonds. The Bertz CT molecular complexity index is 695. The molecule has 0 saturated carbocycles. The van der Waals surface area contributed by atoms with E-state index in [1.807, 2.05) is 6.07 Å². The van der Waals surface area contributed by atoms with Gasteiger partial charge in [-0.15, -0.1) is 0 Å². The van der Waals surface area contributed by atoms with Gasteiger partial charge in [0, 0.05) is 17.8 Å². The van der Waals surface area contributed by atoms with Gasteiger partial charge in [0.05, 0.1) is 0 Å². The molecule has 6 heteroatoms. The van der Waals surface area contributed by atoms with Gasteiger partial charge in [0.1, 0.15) is 35.5 Å². The number of hydrogen-bond acceptors (Lipinski definition) is 4. The lowest BCUT2D eigenvalue weighted by Crippen LogP contribution is -2.05. The van der Waals surface area contributed by atoms with Crippen LogP contribution in [-0.2, 0) is 6.61 Å². The largest absolute Gasteiger partial charge is 0.488 e. The van der Waals surface area contributed by atoms with Crippen molar-refractivity contribution in [3.05, 3.63) is 59.2 Å². The number of nitriles is 1. The lowest BCUT2D eigenvalue weighted by atomic mass is 10.2. The van der Waals surface area contributed by atoms with Crippen LogP contribution in [0.15, 0.2) is 36.5 Å². The molecule has 20 heavy (non-hydrogen) atoms. The highest BCUT2D eigenvalue weighted by molar-refractivity contribution is 5.90. The summed E-state index contributed by atoms with van der Waals surface area (Å²) in [6.07, 6.45) is 1.47. The molecule has 0 aliphatic heterocycles. The fraction of sp³-hybridized carbons (Fsp3) is 0.0714. The van der Waals surface area contributed by atoms with Crippen LogP contribution in [-0.4, -0.2) is 16.1 Å². The van der Waals surface area contributed by atoms with E-state index in [9.17, 15) is 9.18 Å². The summed E-state index contributed by atoms with van der Waals surface area (Å²) in [6.45, 7) is -0.0690. The SMILES string of the molecule is N#Cc1ncccc1COc1cc(F)ccc1C(=O)O. The number of rotatable bonds is 4. The smallest absolute Gasteiger partial charge is 0.339 e. The predicted molar refractivity (Wildman–Crippen MR) is 66.6 cm³/mol. The van der Waals surface area contributed by atoms with Gasteiger partial charge in [-0.25, -0.2) is 14.2 Å². The molecule has 0 aliphatic carbocycles. The zero-order valence-corrected chi connectivity index (χ0v) is 10.2. The van der Waals surface area contributed by atoms with E-state index in [0.717, 1.165) is 18.2 Å². The molecule has 2 aromatic rings. The third-order valence-corrected chi connectivity index (χ3v) is 2.55. The van der Waals surface area contributed by atoms with E-state index in [1.165, 1.54) is 6.20 Å². The van der Waals surface area contributed by atoms with Crippen LogP contribution < -0.4 is 4.74 Å². The molecule has 0 bridgehead atoms.